The summed E-state index contributed by atoms with van der Waals surface area (Å²) in [5.74, 6) is -1.33. The van der Waals surface area contributed by atoms with Crippen LogP contribution in [-0.4, -0.2) is 30.0 Å². The number of benzene rings is 3. The van der Waals surface area contributed by atoms with Crippen LogP contribution in [0.3, 0.4) is 0 Å². The summed E-state index contributed by atoms with van der Waals surface area (Å²) in [5, 5.41) is 3.58. The van der Waals surface area contributed by atoms with E-state index in [-0.39, 0.29) is 22.8 Å². The Kier molecular flexibility index (Phi) is 8.12. The Morgan fingerprint density at radius 2 is 1.55 bits per heavy atom. The number of hydrogen-bond donors (Lipinski definition) is 1. The third kappa shape index (κ3) is 6.85. The van der Waals surface area contributed by atoms with Gasteiger partial charge in [-0.3, -0.25) is 14.4 Å². The molecule has 3 aromatic carbocycles. The molecule has 1 N–H and O–H groups in total. The van der Waals surface area contributed by atoms with Crippen molar-refractivity contribution in [1.82, 2.24) is 0 Å². The van der Waals surface area contributed by atoms with E-state index in [1.54, 1.807) is 60.7 Å². The van der Waals surface area contributed by atoms with Crippen LogP contribution in [0.4, 0.5) is 5.69 Å². The third-order valence-corrected chi connectivity index (χ3v) is 5.54. The molecule has 3 rings (SSSR count). The summed E-state index contributed by atoms with van der Waals surface area (Å²) in [6, 6.07) is 20.3. The van der Waals surface area contributed by atoms with E-state index < -0.39 is 18.5 Å². The van der Waals surface area contributed by atoms with E-state index in [9.17, 15) is 14.4 Å². The number of ether oxygens (including phenoxy) is 1. The summed E-state index contributed by atoms with van der Waals surface area (Å²) in [7, 11) is 0. The Labute approximate surface area is 193 Å². The van der Waals surface area contributed by atoms with Crippen molar-refractivity contribution in [2.45, 2.75) is 4.90 Å². The molecule has 3 aromatic rings. The average molecular weight is 474 g/mol. The lowest BCUT2D eigenvalue weighted by Crippen LogP contribution is -2.22. The lowest BCUT2D eigenvalue weighted by molar-refractivity contribution is -0.144. The molecule has 0 saturated carbocycles. The first-order valence-electron chi connectivity index (χ1n) is 9.15. The molecule has 0 atom stereocenters. The Morgan fingerprint density at radius 1 is 0.871 bits per heavy atom. The maximum Gasteiger partial charge on any atom is 0.316 e. The van der Waals surface area contributed by atoms with Crippen LogP contribution in [-0.2, 0) is 14.3 Å². The molecular weight excluding hydrogens is 457 g/mol. The maximum atomic E-state index is 12.8. The van der Waals surface area contributed by atoms with Crippen LogP contribution in [0.25, 0.3) is 0 Å². The zero-order valence-electron chi connectivity index (χ0n) is 16.1. The quantitative estimate of drug-likeness (QED) is 0.265. The number of thioether (sulfide) groups is 1. The largest absolute Gasteiger partial charge is 0.455 e. The zero-order chi connectivity index (χ0) is 22.2. The van der Waals surface area contributed by atoms with E-state index >= 15 is 0 Å². The van der Waals surface area contributed by atoms with Crippen molar-refractivity contribution >= 4 is 58.3 Å². The smallest absolute Gasteiger partial charge is 0.316 e. The number of halogens is 2. The molecule has 1 amide bonds. The van der Waals surface area contributed by atoms with Crippen molar-refractivity contribution in [2.75, 3.05) is 17.7 Å². The molecule has 0 fully saturated rings. The molecule has 158 valence electrons. The second-order valence-electron chi connectivity index (χ2n) is 6.34. The number of rotatable bonds is 8. The SMILES string of the molecule is O=C(COC(=O)CSc1ccc(Cl)cc1)Nc1ccc(Cl)cc1C(=O)c1ccccc1. The maximum absolute atomic E-state index is 12.8. The minimum absolute atomic E-state index is 0.0492. The van der Waals surface area contributed by atoms with Crippen molar-refractivity contribution in [3.8, 4) is 0 Å². The molecule has 0 unspecified atom stereocenters. The van der Waals surface area contributed by atoms with Crippen molar-refractivity contribution in [2.24, 2.45) is 0 Å². The van der Waals surface area contributed by atoms with Gasteiger partial charge in [-0.25, -0.2) is 0 Å². The monoisotopic (exact) mass is 473 g/mol. The number of anilines is 1. The first kappa shape index (κ1) is 22.9. The fourth-order valence-electron chi connectivity index (χ4n) is 2.61. The van der Waals surface area contributed by atoms with Gasteiger partial charge in [-0.1, -0.05) is 53.5 Å². The highest BCUT2D eigenvalue weighted by atomic mass is 35.5. The number of amides is 1. The summed E-state index contributed by atoms with van der Waals surface area (Å²) < 4.78 is 5.02. The second-order valence-corrected chi connectivity index (χ2v) is 8.26. The predicted octanol–water partition coefficient (Wildman–Crippen LogP) is 5.50. The van der Waals surface area contributed by atoms with E-state index in [1.807, 2.05) is 0 Å². The average Bonchev–Trinajstić information content (AvgIpc) is 2.78. The van der Waals surface area contributed by atoms with Gasteiger partial charge < -0.3 is 10.1 Å². The Hall–Kier alpha value is -2.80. The first-order chi connectivity index (χ1) is 14.9. The number of esters is 1. The number of ketones is 1. The topological polar surface area (TPSA) is 72.5 Å². The number of nitrogens with one attached hydrogen (secondary N) is 1. The van der Waals surface area contributed by atoms with Gasteiger partial charge in [0.05, 0.1) is 11.4 Å². The van der Waals surface area contributed by atoms with Gasteiger partial charge in [0.1, 0.15) is 0 Å². The number of carbonyl (C=O) groups is 3. The lowest BCUT2D eigenvalue weighted by Gasteiger charge is -2.11. The van der Waals surface area contributed by atoms with Gasteiger partial charge in [0.2, 0.25) is 0 Å². The molecule has 8 heteroatoms. The summed E-state index contributed by atoms with van der Waals surface area (Å²) in [5.41, 5.74) is 0.998. The molecule has 0 aliphatic rings. The van der Waals surface area contributed by atoms with Gasteiger partial charge in [-0.2, -0.15) is 0 Å². The van der Waals surface area contributed by atoms with Gasteiger partial charge >= 0.3 is 5.97 Å². The molecule has 31 heavy (non-hydrogen) atoms. The zero-order valence-corrected chi connectivity index (χ0v) is 18.5. The van der Waals surface area contributed by atoms with Gasteiger partial charge in [0.15, 0.2) is 12.4 Å². The summed E-state index contributed by atoms with van der Waals surface area (Å²) in [4.78, 5) is 37.9. The van der Waals surface area contributed by atoms with Gasteiger partial charge in [0.25, 0.3) is 5.91 Å². The number of carbonyl (C=O) groups excluding carboxylic acids is 3. The molecule has 0 aliphatic heterocycles. The van der Waals surface area contributed by atoms with Crippen LogP contribution in [0.15, 0.2) is 77.7 Å². The standard InChI is InChI=1S/C23H17Cl2NO4S/c24-16-6-9-18(10-7-16)31-14-22(28)30-13-21(27)26-20-11-8-17(25)12-19(20)23(29)15-4-2-1-3-5-15/h1-12H,13-14H2,(H,26,27). The van der Waals surface area contributed by atoms with Crippen LogP contribution in [0.1, 0.15) is 15.9 Å². The Balaban J connectivity index is 1.57. The summed E-state index contributed by atoms with van der Waals surface area (Å²) in [6.45, 7) is -0.471. The summed E-state index contributed by atoms with van der Waals surface area (Å²) >= 11 is 13.1. The normalized spacial score (nSPS) is 10.4. The molecule has 0 bridgehead atoms. The third-order valence-electron chi connectivity index (χ3n) is 4.07. The highest BCUT2D eigenvalue weighted by molar-refractivity contribution is 8.00. The van der Waals surface area contributed by atoms with Crippen molar-refractivity contribution < 1.29 is 19.1 Å². The van der Waals surface area contributed by atoms with Crippen LogP contribution in [0.2, 0.25) is 10.0 Å². The van der Waals surface area contributed by atoms with Gasteiger partial charge in [0, 0.05) is 26.1 Å². The van der Waals surface area contributed by atoms with Gasteiger partial charge in [-0.05, 0) is 42.5 Å². The Morgan fingerprint density at radius 3 is 2.26 bits per heavy atom. The van der Waals surface area contributed by atoms with E-state index in [4.69, 9.17) is 27.9 Å². The lowest BCUT2D eigenvalue weighted by atomic mass is 10.0. The predicted molar refractivity (Wildman–Crippen MR) is 123 cm³/mol. The minimum Gasteiger partial charge on any atom is -0.455 e. The van der Waals surface area contributed by atoms with Crippen LogP contribution >= 0.6 is 35.0 Å². The highest BCUT2D eigenvalue weighted by Gasteiger charge is 2.17. The van der Waals surface area contributed by atoms with E-state index in [1.165, 1.54) is 23.9 Å². The fourth-order valence-corrected chi connectivity index (χ4v) is 3.60. The van der Waals surface area contributed by atoms with Crippen LogP contribution in [0.5, 0.6) is 0 Å². The Bertz CT molecular complexity index is 1090. The van der Waals surface area contributed by atoms with Crippen LogP contribution in [0, 0.1) is 0 Å². The van der Waals surface area contributed by atoms with E-state index in [0.29, 0.717) is 15.6 Å². The molecule has 0 aliphatic carbocycles. The fraction of sp³-hybridized carbons (Fsp3) is 0.0870. The van der Waals surface area contributed by atoms with E-state index in [0.717, 1.165) is 4.90 Å². The van der Waals surface area contributed by atoms with Gasteiger partial charge in [-0.15, -0.1) is 11.8 Å². The van der Waals surface area contributed by atoms with Crippen molar-refractivity contribution in [3.05, 3.63) is 94.0 Å². The molecule has 0 saturated heterocycles. The molecule has 0 spiro atoms. The minimum atomic E-state index is -0.561. The molecule has 0 radical (unpaired) electrons. The van der Waals surface area contributed by atoms with Crippen molar-refractivity contribution in [3.63, 3.8) is 0 Å². The summed E-state index contributed by atoms with van der Waals surface area (Å²) in [6.07, 6.45) is 0. The van der Waals surface area contributed by atoms with Crippen molar-refractivity contribution in [1.29, 1.82) is 0 Å². The first-order valence-corrected chi connectivity index (χ1v) is 10.9. The molecule has 0 heterocycles. The molecule has 0 aromatic heterocycles. The number of hydrogen-bond acceptors (Lipinski definition) is 5. The second kappa shape index (κ2) is 11.0. The van der Waals surface area contributed by atoms with E-state index in [2.05, 4.69) is 5.32 Å². The molecular formula is C23H17Cl2NO4S. The molecule has 5 nitrogen and oxygen atoms in total. The highest BCUT2D eigenvalue weighted by Crippen LogP contribution is 2.24. The van der Waals surface area contributed by atoms with Crippen LogP contribution < -0.4 is 5.32 Å².